The van der Waals surface area contributed by atoms with Crippen LogP contribution in [0.2, 0.25) is 5.02 Å². The summed E-state index contributed by atoms with van der Waals surface area (Å²) in [5, 5.41) is 4.06. The lowest BCUT2D eigenvalue weighted by Gasteiger charge is -2.33. The Bertz CT molecular complexity index is 767. The summed E-state index contributed by atoms with van der Waals surface area (Å²) >= 11 is 12.7. The van der Waals surface area contributed by atoms with Gasteiger partial charge in [-0.05, 0) is 48.4 Å². The van der Waals surface area contributed by atoms with Crippen LogP contribution in [-0.2, 0) is 5.00 Å². The molecule has 5 heteroatoms. The summed E-state index contributed by atoms with van der Waals surface area (Å²) in [5.41, 5.74) is 3.87. The number of rotatable bonds is 3. The number of hydrogen-bond acceptors (Lipinski definition) is 3. The molecule has 0 amide bonds. The standard InChI is InChI=1S/C18H17Cl2NO2/c1-18(20)14-10-17(23-3)16(22-2)9-12(14)8-15(21-18)11-4-6-13(19)7-5-11/h4-10,21H,1-3H3. The molecule has 0 aromatic heterocycles. The number of methoxy groups -OCH3 is 2. The molecular formula is C18H17Cl2NO2. The van der Waals surface area contributed by atoms with Crippen molar-refractivity contribution in [2.45, 2.75) is 11.9 Å². The van der Waals surface area contributed by atoms with Crippen molar-refractivity contribution < 1.29 is 9.47 Å². The third kappa shape index (κ3) is 2.99. The largest absolute Gasteiger partial charge is 0.493 e. The van der Waals surface area contributed by atoms with Crippen molar-refractivity contribution in [1.82, 2.24) is 5.32 Å². The molecule has 0 bridgehead atoms. The molecule has 0 saturated carbocycles. The van der Waals surface area contributed by atoms with Crippen LogP contribution >= 0.6 is 23.2 Å². The van der Waals surface area contributed by atoms with E-state index in [9.17, 15) is 0 Å². The van der Waals surface area contributed by atoms with Gasteiger partial charge in [0.2, 0.25) is 0 Å². The van der Waals surface area contributed by atoms with Crippen LogP contribution in [0.1, 0.15) is 23.6 Å². The van der Waals surface area contributed by atoms with E-state index in [1.54, 1.807) is 14.2 Å². The van der Waals surface area contributed by atoms with Gasteiger partial charge in [-0.25, -0.2) is 0 Å². The quantitative estimate of drug-likeness (QED) is 0.633. The topological polar surface area (TPSA) is 30.5 Å². The average molecular weight is 350 g/mol. The zero-order chi connectivity index (χ0) is 16.6. The number of halogens is 2. The van der Waals surface area contributed by atoms with E-state index in [-0.39, 0.29) is 0 Å². The normalized spacial score (nSPS) is 19.4. The monoisotopic (exact) mass is 349 g/mol. The van der Waals surface area contributed by atoms with E-state index >= 15 is 0 Å². The first-order valence-corrected chi connectivity index (χ1v) is 7.91. The van der Waals surface area contributed by atoms with Gasteiger partial charge in [-0.3, -0.25) is 0 Å². The predicted molar refractivity (Wildman–Crippen MR) is 95.2 cm³/mol. The Morgan fingerprint density at radius 1 is 1.00 bits per heavy atom. The van der Waals surface area contributed by atoms with Gasteiger partial charge in [-0.1, -0.05) is 35.3 Å². The number of alkyl halides is 1. The first-order chi connectivity index (χ1) is 10.9. The second-order valence-electron chi connectivity index (χ2n) is 5.49. The van der Waals surface area contributed by atoms with Crippen molar-refractivity contribution in [3.63, 3.8) is 0 Å². The highest BCUT2D eigenvalue weighted by atomic mass is 35.5. The minimum atomic E-state index is -0.751. The van der Waals surface area contributed by atoms with Crippen molar-refractivity contribution in [3.8, 4) is 11.5 Å². The summed E-state index contributed by atoms with van der Waals surface area (Å²) in [5.74, 6) is 1.33. The maximum Gasteiger partial charge on any atom is 0.161 e. The van der Waals surface area contributed by atoms with Crippen LogP contribution in [0.5, 0.6) is 11.5 Å². The molecule has 2 aromatic rings. The fraction of sp³-hybridized carbons (Fsp3) is 0.222. The fourth-order valence-electron chi connectivity index (χ4n) is 2.72. The van der Waals surface area contributed by atoms with Gasteiger partial charge in [-0.15, -0.1) is 0 Å². The molecule has 1 unspecified atom stereocenters. The maximum absolute atomic E-state index is 6.73. The lowest BCUT2D eigenvalue weighted by Crippen LogP contribution is -2.36. The number of benzene rings is 2. The van der Waals surface area contributed by atoms with E-state index < -0.39 is 5.00 Å². The lowest BCUT2D eigenvalue weighted by atomic mass is 9.93. The molecule has 0 saturated heterocycles. The zero-order valence-corrected chi connectivity index (χ0v) is 14.6. The van der Waals surface area contributed by atoms with Gasteiger partial charge in [0.25, 0.3) is 0 Å². The van der Waals surface area contributed by atoms with Crippen molar-refractivity contribution in [3.05, 3.63) is 58.1 Å². The second-order valence-corrected chi connectivity index (χ2v) is 6.68. The Balaban J connectivity index is 2.14. The van der Waals surface area contributed by atoms with Crippen molar-refractivity contribution in [1.29, 1.82) is 0 Å². The Hall–Kier alpha value is -1.84. The van der Waals surface area contributed by atoms with Crippen LogP contribution in [0.25, 0.3) is 11.8 Å². The number of nitrogens with one attached hydrogen (secondary N) is 1. The number of ether oxygens (including phenoxy) is 2. The van der Waals surface area contributed by atoms with Gasteiger partial charge in [0.15, 0.2) is 11.5 Å². The summed E-state index contributed by atoms with van der Waals surface area (Å²) in [4.78, 5) is -0.751. The molecule has 1 N–H and O–H groups in total. The Labute approximate surface area is 145 Å². The molecule has 1 heterocycles. The first-order valence-electron chi connectivity index (χ1n) is 7.16. The van der Waals surface area contributed by atoms with Crippen LogP contribution in [0, 0.1) is 0 Å². The SMILES string of the molecule is COc1cc2c(cc1OC)C(C)(Cl)NC(c1ccc(Cl)cc1)=C2. The van der Waals surface area contributed by atoms with E-state index in [0.717, 1.165) is 22.4 Å². The van der Waals surface area contributed by atoms with Gasteiger partial charge in [0, 0.05) is 16.3 Å². The minimum Gasteiger partial charge on any atom is -0.493 e. The smallest absolute Gasteiger partial charge is 0.161 e. The van der Waals surface area contributed by atoms with Crippen LogP contribution in [0.15, 0.2) is 36.4 Å². The van der Waals surface area contributed by atoms with E-state index in [2.05, 4.69) is 5.32 Å². The Morgan fingerprint density at radius 3 is 2.22 bits per heavy atom. The van der Waals surface area contributed by atoms with Crippen LogP contribution in [0.4, 0.5) is 0 Å². The van der Waals surface area contributed by atoms with E-state index in [4.69, 9.17) is 32.7 Å². The highest BCUT2D eigenvalue weighted by Crippen LogP contribution is 2.42. The van der Waals surface area contributed by atoms with Gasteiger partial charge >= 0.3 is 0 Å². The summed E-state index contributed by atoms with van der Waals surface area (Å²) < 4.78 is 10.8. The van der Waals surface area contributed by atoms with Crippen LogP contribution in [-0.4, -0.2) is 14.2 Å². The molecule has 3 rings (SSSR count). The van der Waals surface area contributed by atoms with E-state index in [0.29, 0.717) is 16.5 Å². The van der Waals surface area contributed by atoms with Crippen molar-refractivity contribution in [2.75, 3.05) is 14.2 Å². The average Bonchev–Trinajstić information content (AvgIpc) is 2.53. The Kier molecular flexibility index (Phi) is 4.17. The maximum atomic E-state index is 6.73. The summed E-state index contributed by atoms with van der Waals surface area (Å²) in [6, 6.07) is 11.5. The molecule has 0 spiro atoms. The molecule has 0 radical (unpaired) electrons. The molecule has 2 aromatic carbocycles. The third-order valence-corrected chi connectivity index (χ3v) is 4.44. The molecular weight excluding hydrogens is 333 g/mol. The molecule has 120 valence electrons. The predicted octanol–water partition coefficient (Wildman–Crippen LogP) is 4.87. The molecule has 23 heavy (non-hydrogen) atoms. The zero-order valence-electron chi connectivity index (χ0n) is 13.1. The molecule has 3 nitrogen and oxygen atoms in total. The minimum absolute atomic E-state index is 0.656. The molecule has 0 fully saturated rings. The summed E-state index contributed by atoms with van der Waals surface area (Å²) in [6.07, 6.45) is 2.05. The van der Waals surface area contributed by atoms with Crippen LogP contribution < -0.4 is 14.8 Å². The highest BCUT2D eigenvalue weighted by Gasteiger charge is 2.32. The molecule has 1 aliphatic rings. The Morgan fingerprint density at radius 2 is 1.61 bits per heavy atom. The fourth-order valence-corrected chi connectivity index (χ4v) is 3.11. The highest BCUT2D eigenvalue weighted by molar-refractivity contribution is 6.30. The molecule has 1 aliphatic heterocycles. The van der Waals surface area contributed by atoms with Gasteiger partial charge in [-0.2, -0.15) is 0 Å². The van der Waals surface area contributed by atoms with Gasteiger partial charge < -0.3 is 14.8 Å². The van der Waals surface area contributed by atoms with Crippen molar-refractivity contribution in [2.24, 2.45) is 0 Å². The second kappa shape index (κ2) is 5.99. The summed E-state index contributed by atoms with van der Waals surface area (Å²) in [7, 11) is 3.23. The van der Waals surface area contributed by atoms with E-state index in [1.807, 2.05) is 49.4 Å². The van der Waals surface area contributed by atoms with Crippen LogP contribution in [0.3, 0.4) is 0 Å². The molecule has 1 atom stereocenters. The number of fused-ring (bicyclic) bond motifs is 1. The van der Waals surface area contributed by atoms with Crippen molar-refractivity contribution >= 4 is 35.0 Å². The van der Waals surface area contributed by atoms with Gasteiger partial charge in [0.05, 0.1) is 14.2 Å². The van der Waals surface area contributed by atoms with Gasteiger partial charge in [0.1, 0.15) is 5.00 Å². The number of hydrogen-bond donors (Lipinski definition) is 1. The van der Waals surface area contributed by atoms with E-state index in [1.165, 1.54) is 0 Å². The first kappa shape index (κ1) is 16.0. The summed E-state index contributed by atoms with van der Waals surface area (Å²) in [6.45, 7) is 1.92. The lowest BCUT2D eigenvalue weighted by molar-refractivity contribution is 0.353. The molecule has 0 aliphatic carbocycles. The third-order valence-electron chi connectivity index (χ3n) is 3.89.